The molecule has 2 atom stereocenters. The fourth-order valence-electron chi connectivity index (χ4n) is 3.10. The Bertz CT molecular complexity index is 791. The van der Waals surface area contributed by atoms with Gasteiger partial charge in [0.2, 0.25) is 5.91 Å². The Kier molecular flexibility index (Phi) is 4.26. The molecule has 2 aromatic rings. The maximum absolute atomic E-state index is 13.4. The first-order valence-corrected chi connectivity index (χ1v) is 7.99. The van der Waals surface area contributed by atoms with E-state index in [0.29, 0.717) is 12.0 Å². The second kappa shape index (κ2) is 6.23. The molecule has 3 nitrogen and oxygen atoms in total. The zero-order valence-corrected chi connectivity index (χ0v) is 13.9. The zero-order chi connectivity index (χ0) is 17.4. The van der Waals surface area contributed by atoms with Crippen LogP contribution in [0.5, 0.6) is 0 Å². The third kappa shape index (κ3) is 2.98. The van der Waals surface area contributed by atoms with Gasteiger partial charge in [-0.15, -0.1) is 0 Å². The zero-order valence-electron chi connectivity index (χ0n) is 13.9. The summed E-state index contributed by atoms with van der Waals surface area (Å²) >= 11 is 0. The highest BCUT2D eigenvalue weighted by atomic mass is 19.2. The average molecular weight is 330 g/mol. The van der Waals surface area contributed by atoms with E-state index in [1.807, 2.05) is 32.0 Å². The Morgan fingerprint density at radius 1 is 1.17 bits per heavy atom. The van der Waals surface area contributed by atoms with E-state index in [1.165, 1.54) is 6.07 Å². The highest BCUT2D eigenvalue weighted by molar-refractivity contribution is 5.97. The van der Waals surface area contributed by atoms with Crippen molar-refractivity contribution < 1.29 is 13.6 Å². The number of halogens is 2. The first-order valence-electron chi connectivity index (χ1n) is 7.99. The molecule has 1 aliphatic rings. The molecule has 1 N–H and O–H groups in total. The number of carbonyl (C=O) groups is 1. The summed E-state index contributed by atoms with van der Waals surface area (Å²) in [6.45, 7) is 3.93. The van der Waals surface area contributed by atoms with Crippen molar-refractivity contribution in [3.63, 3.8) is 0 Å². The lowest BCUT2D eigenvalue weighted by Crippen LogP contribution is -2.32. The van der Waals surface area contributed by atoms with Gasteiger partial charge in [-0.3, -0.25) is 4.79 Å². The molecule has 1 heterocycles. The number of nitrogens with zero attached hydrogens (tertiary/aromatic N) is 1. The summed E-state index contributed by atoms with van der Waals surface area (Å²) in [6, 6.07) is 9.60. The van der Waals surface area contributed by atoms with E-state index in [0.717, 1.165) is 23.0 Å². The van der Waals surface area contributed by atoms with Crippen LogP contribution in [0.25, 0.3) is 0 Å². The number of amides is 1. The van der Waals surface area contributed by atoms with Gasteiger partial charge in [0.05, 0.1) is 0 Å². The quantitative estimate of drug-likeness (QED) is 0.891. The Labute approximate surface area is 140 Å². The lowest BCUT2D eigenvalue weighted by molar-refractivity contribution is -0.119. The van der Waals surface area contributed by atoms with Crippen LogP contribution < -0.4 is 10.2 Å². The fraction of sp³-hybridized carbons (Fsp3) is 0.316. The van der Waals surface area contributed by atoms with Crippen LogP contribution in [0.4, 0.5) is 20.2 Å². The smallest absolute Gasteiger partial charge is 0.227 e. The minimum Gasteiger partial charge on any atom is -0.379 e. The largest absolute Gasteiger partial charge is 0.379 e. The van der Waals surface area contributed by atoms with E-state index < -0.39 is 11.6 Å². The third-order valence-electron chi connectivity index (χ3n) is 4.60. The van der Waals surface area contributed by atoms with Gasteiger partial charge in [0.25, 0.3) is 0 Å². The molecule has 5 heteroatoms. The minimum absolute atomic E-state index is 0.117. The second-order valence-corrected chi connectivity index (χ2v) is 6.37. The van der Waals surface area contributed by atoms with Crippen LogP contribution in [0.15, 0.2) is 36.4 Å². The van der Waals surface area contributed by atoms with E-state index >= 15 is 0 Å². The number of benzene rings is 2. The van der Waals surface area contributed by atoms with Crippen molar-refractivity contribution in [1.29, 1.82) is 0 Å². The molecule has 126 valence electrons. The van der Waals surface area contributed by atoms with Gasteiger partial charge in [0.15, 0.2) is 11.6 Å². The SMILES string of the molecule is CC1CC(=O)N(C)c2ccc(NC(C)c3ccc(F)c(F)c3)cc21. The Balaban J connectivity index is 1.84. The number of hydrogen-bond acceptors (Lipinski definition) is 2. The normalized spacial score (nSPS) is 18.3. The molecule has 3 rings (SSSR count). The summed E-state index contributed by atoms with van der Waals surface area (Å²) in [5, 5.41) is 3.31. The molecular formula is C19H20F2N2O. The highest BCUT2D eigenvalue weighted by Crippen LogP contribution is 2.37. The monoisotopic (exact) mass is 330 g/mol. The number of fused-ring (bicyclic) bond motifs is 1. The molecule has 1 amide bonds. The Hall–Kier alpha value is -2.43. The molecule has 0 saturated heterocycles. The van der Waals surface area contributed by atoms with E-state index in [-0.39, 0.29) is 17.9 Å². The maximum Gasteiger partial charge on any atom is 0.227 e. The first-order chi connectivity index (χ1) is 11.4. The van der Waals surface area contributed by atoms with Gasteiger partial charge >= 0.3 is 0 Å². The van der Waals surface area contributed by atoms with Crippen molar-refractivity contribution in [2.24, 2.45) is 0 Å². The lowest BCUT2D eigenvalue weighted by atomic mass is 9.91. The van der Waals surface area contributed by atoms with Gasteiger partial charge in [-0.25, -0.2) is 8.78 Å². The van der Waals surface area contributed by atoms with Gasteiger partial charge < -0.3 is 10.2 Å². The molecule has 0 aliphatic carbocycles. The Morgan fingerprint density at radius 3 is 2.62 bits per heavy atom. The molecule has 2 aromatic carbocycles. The summed E-state index contributed by atoms with van der Waals surface area (Å²) in [7, 11) is 1.78. The van der Waals surface area contributed by atoms with Crippen molar-refractivity contribution >= 4 is 17.3 Å². The van der Waals surface area contributed by atoms with E-state index in [1.54, 1.807) is 18.0 Å². The number of nitrogens with one attached hydrogen (secondary N) is 1. The molecule has 1 aliphatic heterocycles. The molecule has 2 unspecified atom stereocenters. The van der Waals surface area contributed by atoms with Crippen molar-refractivity contribution in [3.05, 3.63) is 59.2 Å². The Morgan fingerprint density at radius 2 is 1.92 bits per heavy atom. The molecule has 24 heavy (non-hydrogen) atoms. The van der Waals surface area contributed by atoms with Crippen LogP contribution >= 0.6 is 0 Å². The second-order valence-electron chi connectivity index (χ2n) is 6.37. The van der Waals surface area contributed by atoms with Gasteiger partial charge in [-0.1, -0.05) is 13.0 Å². The number of anilines is 2. The van der Waals surface area contributed by atoms with Crippen LogP contribution in [-0.2, 0) is 4.79 Å². The van der Waals surface area contributed by atoms with Crippen LogP contribution in [0, 0.1) is 11.6 Å². The predicted molar refractivity (Wildman–Crippen MR) is 91.3 cm³/mol. The van der Waals surface area contributed by atoms with E-state index in [4.69, 9.17) is 0 Å². The average Bonchev–Trinajstić information content (AvgIpc) is 2.55. The summed E-state index contributed by atoms with van der Waals surface area (Å²) in [5.41, 5.74) is 3.59. The van der Waals surface area contributed by atoms with Crippen LogP contribution in [0.3, 0.4) is 0 Å². The molecule has 0 fully saturated rings. The van der Waals surface area contributed by atoms with E-state index in [9.17, 15) is 13.6 Å². The van der Waals surface area contributed by atoms with Crippen molar-refractivity contribution in [2.45, 2.75) is 32.2 Å². The summed E-state index contributed by atoms with van der Waals surface area (Å²) in [6.07, 6.45) is 0.492. The molecular weight excluding hydrogens is 310 g/mol. The summed E-state index contributed by atoms with van der Waals surface area (Å²) < 4.78 is 26.5. The summed E-state index contributed by atoms with van der Waals surface area (Å²) in [4.78, 5) is 13.6. The maximum atomic E-state index is 13.4. The number of carbonyl (C=O) groups excluding carboxylic acids is 1. The topological polar surface area (TPSA) is 32.3 Å². The highest BCUT2D eigenvalue weighted by Gasteiger charge is 2.26. The summed E-state index contributed by atoms with van der Waals surface area (Å²) in [5.74, 6) is -1.42. The molecule has 0 radical (unpaired) electrons. The van der Waals surface area contributed by atoms with Crippen molar-refractivity contribution in [1.82, 2.24) is 0 Å². The van der Waals surface area contributed by atoms with Crippen LogP contribution in [-0.4, -0.2) is 13.0 Å². The number of rotatable bonds is 3. The van der Waals surface area contributed by atoms with Crippen LogP contribution in [0.2, 0.25) is 0 Å². The molecule has 0 aromatic heterocycles. The molecule has 0 bridgehead atoms. The lowest BCUT2D eigenvalue weighted by Gasteiger charge is -2.30. The van der Waals surface area contributed by atoms with Gasteiger partial charge in [0, 0.05) is 30.9 Å². The third-order valence-corrected chi connectivity index (χ3v) is 4.60. The number of hydrogen-bond donors (Lipinski definition) is 1. The van der Waals surface area contributed by atoms with Gasteiger partial charge in [0.1, 0.15) is 0 Å². The standard InChI is InChI=1S/C19H20F2N2O/c1-11-8-19(24)23(3)18-7-5-14(10-15(11)18)22-12(2)13-4-6-16(20)17(21)9-13/h4-7,9-12,22H,8H2,1-3H3. The molecule has 0 spiro atoms. The molecule has 0 saturated carbocycles. The predicted octanol–water partition coefficient (Wildman–Crippen LogP) is 4.61. The van der Waals surface area contributed by atoms with Gasteiger partial charge in [-0.05, 0) is 54.3 Å². The van der Waals surface area contributed by atoms with Gasteiger partial charge in [-0.2, -0.15) is 0 Å². The fourth-order valence-corrected chi connectivity index (χ4v) is 3.10. The van der Waals surface area contributed by atoms with E-state index in [2.05, 4.69) is 5.32 Å². The minimum atomic E-state index is -0.847. The first kappa shape index (κ1) is 16.4. The van der Waals surface area contributed by atoms with Crippen molar-refractivity contribution in [2.75, 3.05) is 17.3 Å². The van der Waals surface area contributed by atoms with Crippen molar-refractivity contribution in [3.8, 4) is 0 Å². The van der Waals surface area contributed by atoms with Crippen LogP contribution in [0.1, 0.15) is 43.4 Å².